The number of aromatic nitrogens is 1. The monoisotopic (exact) mass is 653 g/mol. The van der Waals surface area contributed by atoms with E-state index in [-0.39, 0.29) is 16.2 Å². The van der Waals surface area contributed by atoms with Crippen LogP contribution in [0, 0.1) is 0 Å². The number of hydrogen-bond acceptors (Lipinski definition) is 1. The fraction of sp³-hybridized carbons (Fsp3) is 0.250. The summed E-state index contributed by atoms with van der Waals surface area (Å²) >= 11 is 0. The van der Waals surface area contributed by atoms with Gasteiger partial charge in [-0.05, 0) is 81.0 Å². The van der Waals surface area contributed by atoms with Gasteiger partial charge in [0.1, 0.15) is 11.2 Å². The lowest BCUT2D eigenvalue weighted by atomic mass is 9.79. The van der Waals surface area contributed by atoms with Gasteiger partial charge in [0.15, 0.2) is 0 Å². The minimum Gasteiger partial charge on any atom is -0.455 e. The maximum atomic E-state index is 7.06. The minimum atomic E-state index is -0.0732. The van der Waals surface area contributed by atoms with E-state index in [4.69, 9.17) is 4.42 Å². The lowest BCUT2D eigenvalue weighted by molar-refractivity contribution is 0.559. The summed E-state index contributed by atoms with van der Waals surface area (Å²) in [6.45, 7) is 20.7. The van der Waals surface area contributed by atoms with Gasteiger partial charge in [-0.15, -0.1) is 0 Å². The summed E-state index contributed by atoms with van der Waals surface area (Å²) in [6.07, 6.45) is 0. The van der Waals surface area contributed by atoms with Gasteiger partial charge in [0.2, 0.25) is 0 Å². The van der Waals surface area contributed by atoms with Crippen molar-refractivity contribution in [2.45, 2.75) is 78.6 Å². The molecule has 0 aliphatic carbocycles. The SMILES string of the molecule is CC(C)(C)c1cc(-c2cccc(-c3cccc4c5ccccc5n(-c5ccccc5)c34)c2)c2oc3c(C(C)(C)C)cc(C(C)(C)C)cc3c2c1. The van der Waals surface area contributed by atoms with Crippen LogP contribution in [0.15, 0.2) is 126 Å². The summed E-state index contributed by atoms with van der Waals surface area (Å²) < 4.78 is 9.48. The van der Waals surface area contributed by atoms with E-state index in [1.807, 2.05) is 0 Å². The van der Waals surface area contributed by atoms with Gasteiger partial charge in [-0.2, -0.15) is 0 Å². The second kappa shape index (κ2) is 11.2. The third-order valence-corrected chi connectivity index (χ3v) is 10.4. The second-order valence-electron chi connectivity index (χ2n) is 17.1. The molecule has 2 heterocycles. The van der Waals surface area contributed by atoms with E-state index in [1.165, 1.54) is 60.4 Å². The van der Waals surface area contributed by atoms with Crippen LogP contribution in [0.3, 0.4) is 0 Å². The summed E-state index contributed by atoms with van der Waals surface area (Å²) in [5.41, 5.74) is 14.0. The molecule has 2 nitrogen and oxygen atoms in total. The number of fused-ring (bicyclic) bond motifs is 6. The molecule has 0 aliphatic rings. The quantitative estimate of drug-likeness (QED) is 0.186. The Kier molecular flexibility index (Phi) is 7.21. The Morgan fingerprint density at radius 2 is 1.02 bits per heavy atom. The molecule has 8 aromatic rings. The smallest absolute Gasteiger partial charge is 0.143 e. The highest BCUT2D eigenvalue weighted by atomic mass is 16.3. The Morgan fingerprint density at radius 1 is 0.440 bits per heavy atom. The Bertz CT molecular complexity index is 2570. The summed E-state index contributed by atoms with van der Waals surface area (Å²) in [5.74, 6) is 0. The molecule has 0 saturated carbocycles. The predicted octanol–water partition coefficient (Wildman–Crippen LogP) is 13.9. The molecule has 50 heavy (non-hydrogen) atoms. The lowest BCUT2D eigenvalue weighted by Gasteiger charge is -2.25. The molecule has 2 aromatic heterocycles. The average molecular weight is 654 g/mol. The van der Waals surface area contributed by atoms with Gasteiger partial charge in [0.05, 0.1) is 11.0 Å². The zero-order valence-electron chi connectivity index (χ0n) is 30.9. The van der Waals surface area contributed by atoms with E-state index in [0.717, 1.165) is 28.0 Å². The number of furan rings is 1. The second-order valence-corrected chi connectivity index (χ2v) is 17.1. The summed E-state index contributed by atoms with van der Waals surface area (Å²) in [4.78, 5) is 0. The fourth-order valence-corrected chi connectivity index (χ4v) is 7.57. The number of nitrogens with zero attached hydrogens (tertiary/aromatic N) is 1. The van der Waals surface area contributed by atoms with Gasteiger partial charge in [-0.25, -0.2) is 0 Å². The lowest BCUT2D eigenvalue weighted by Crippen LogP contribution is -2.16. The largest absolute Gasteiger partial charge is 0.455 e. The average Bonchev–Trinajstić information content (AvgIpc) is 3.62. The number of benzene rings is 6. The van der Waals surface area contributed by atoms with Crippen molar-refractivity contribution < 1.29 is 4.42 Å². The fourth-order valence-electron chi connectivity index (χ4n) is 7.57. The van der Waals surface area contributed by atoms with Crippen molar-refractivity contribution in [3.63, 3.8) is 0 Å². The summed E-state index contributed by atoms with van der Waals surface area (Å²) in [6, 6.07) is 44.8. The Morgan fingerprint density at radius 3 is 1.70 bits per heavy atom. The first-order chi connectivity index (χ1) is 23.7. The highest BCUT2D eigenvalue weighted by Crippen LogP contribution is 2.45. The standard InChI is InChI=1S/C48H47NO/c1-46(2,3)32-26-38(44-39(27-32)40-28-33(47(4,5)6)29-41(45(40)50-44)48(7,8)9)31-18-15-17-30(25-31)35-22-16-23-37-36-21-13-14-24-42(36)49(43(35)37)34-19-11-10-12-20-34/h10-29H,1-9H3. The molecule has 8 rings (SSSR count). The summed E-state index contributed by atoms with van der Waals surface area (Å²) in [7, 11) is 0. The van der Waals surface area contributed by atoms with Crippen LogP contribution < -0.4 is 0 Å². The molecule has 0 spiro atoms. The van der Waals surface area contributed by atoms with Crippen molar-refractivity contribution in [2.75, 3.05) is 0 Å². The van der Waals surface area contributed by atoms with Crippen molar-refractivity contribution in [1.82, 2.24) is 4.57 Å². The Balaban J connectivity index is 1.42. The highest BCUT2D eigenvalue weighted by Gasteiger charge is 2.28. The van der Waals surface area contributed by atoms with Crippen molar-refractivity contribution in [3.8, 4) is 27.9 Å². The van der Waals surface area contributed by atoms with Crippen LogP contribution >= 0.6 is 0 Å². The van der Waals surface area contributed by atoms with Crippen molar-refractivity contribution in [2.24, 2.45) is 0 Å². The van der Waals surface area contributed by atoms with Crippen LogP contribution in [0.25, 0.3) is 71.7 Å². The molecule has 0 radical (unpaired) electrons. The zero-order valence-corrected chi connectivity index (χ0v) is 30.9. The van der Waals surface area contributed by atoms with E-state index in [2.05, 4.69) is 188 Å². The van der Waals surface area contributed by atoms with Gasteiger partial charge in [0.25, 0.3) is 0 Å². The van der Waals surface area contributed by atoms with E-state index >= 15 is 0 Å². The van der Waals surface area contributed by atoms with Crippen molar-refractivity contribution in [1.29, 1.82) is 0 Å². The molecule has 0 atom stereocenters. The number of hydrogen-bond donors (Lipinski definition) is 0. The summed E-state index contributed by atoms with van der Waals surface area (Å²) in [5, 5.41) is 4.91. The number of para-hydroxylation sites is 3. The van der Waals surface area contributed by atoms with Gasteiger partial charge >= 0.3 is 0 Å². The van der Waals surface area contributed by atoms with Gasteiger partial charge < -0.3 is 8.98 Å². The first-order valence-electron chi connectivity index (χ1n) is 17.9. The van der Waals surface area contributed by atoms with Crippen LogP contribution in [-0.4, -0.2) is 4.57 Å². The minimum absolute atomic E-state index is 0.0137. The van der Waals surface area contributed by atoms with Gasteiger partial charge in [-0.1, -0.05) is 141 Å². The molecule has 0 unspecified atom stereocenters. The van der Waals surface area contributed by atoms with Crippen LogP contribution in [0.5, 0.6) is 0 Å². The van der Waals surface area contributed by atoms with Crippen LogP contribution in [-0.2, 0) is 16.2 Å². The first kappa shape index (κ1) is 32.1. The molecule has 0 N–H and O–H groups in total. The van der Waals surface area contributed by atoms with E-state index in [1.54, 1.807) is 0 Å². The molecule has 0 saturated heterocycles. The highest BCUT2D eigenvalue weighted by molar-refractivity contribution is 6.14. The molecule has 0 amide bonds. The third kappa shape index (κ3) is 5.24. The molecule has 0 aliphatic heterocycles. The Hall–Kier alpha value is -5.08. The van der Waals surface area contributed by atoms with Crippen LogP contribution in [0.2, 0.25) is 0 Å². The zero-order chi connectivity index (χ0) is 35.2. The molecule has 6 aromatic carbocycles. The predicted molar refractivity (Wildman–Crippen MR) is 215 cm³/mol. The normalized spacial score (nSPS) is 12.9. The van der Waals surface area contributed by atoms with Crippen LogP contribution in [0.4, 0.5) is 0 Å². The maximum Gasteiger partial charge on any atom is 0.143 e. The first-order valence-corrected chi connectivity index (χ1v) is 17.9. The van der Waals surface area contributed by atoms with Crippen molar-refractivity contribution in [3.05, 3.63) is 138 Å². The van der Waals surface area contributed by atoms with Crippen molar-refractivity contribution >= 4 is 43.7 Å². The Labute approximate surface area is 296 Å². The van der Waals surface area contributed by atoms with E-state index in [9.17, 15) is 0 Å². The number of rotatable bonds is 3. The molecule has 0 bridgehead atoms. The van der Waals surface area contributed by atoms with E-state index in [0.29, 0.717) is 0 Å². The maximum absolute atomic E-state index is 7.06. The third-order valence-electron chi connectivity index (χ3n) is 10.4. The molecule has 250 valence electrons. The van der Waals surface area contributed by atoms with E-state index < -0.39 is 0 Å². The molecule has 2 heteroatoms. The van der Waals surface area contributed by atoms with Gasteiger partial charge in [0, 0.05) is 43.9 Å². The molecular formula is C48H47NO. The molecule has 0 fully saturated rings. The van der Waals surface area contributed by atoms with Gasteiger partial charge in [-0.3, -0.25) is 0 Å². The van der Waals surface area contributed by atoms with Crippen LogP contribution in [0.1, 0.15) is 79.0 Å². The topological polar surface area (TPSA) is 18.1 Å². The molecular weight excluding hydrogens is 607 g/mol.